The van der Waals surface area contributed by atoms with Crippen molar-refractivity contribution in [3.05, 3.63) is 29.3 Å². The van der Waals surface area contributed by atoms with Gasteiger partial charge in [-0.25, -0.2) is 9.59 Å². The van der Waals surface area contributed by atoms with Crippen LogP contribution < -0.4 is 0 Å². The molecule has 0 fully saturated rings. The Morgan fingerprint density at radius 1 is 1.11 bits per heavy atom. The summed E-state index contributed by atoms with van der Waals surface area (Å²) < 4.78 is 39.9. The molecule has 0 saturated carbocycles. The van der Waals surface area contributed by atoms with Crippen molar-refractivity contribution in [2.24, 2.45) is 0 Å². The summed E-state index contributed by atoms with van der Waals surface area (Å²) in [6, 6.07) is 3.01. The first-order valence-corrected chi connectivity index (χ1v) is 6.03. The Hall–Kier alpha value is -0.294. The average molecular weight is 313 g/mol. The van der Waals surface area contributed by atoms with Crippen LogP contribution in [0.2, 0.25) is 0 Å². The second kappa shape index (κ2) is 7.48. The Morgan fingerprint density at radius 3 is 2.05 bits per heavy atom. The number of ether oxygens (including phenoxy) is 2. The quantitative estimate of drug-likeness (QED) is 0.480. The molecule has 19 heavy (non-hydrogen) atoms. The van der Waals surface area contributed by atoms with Crippen molar-refractivity contribution in [3.63, 3.8) is 0 Å². The van der Waals surface area contributed by atoms with Crippen molar-refractivity contribution in [1.29, 1.82) is 0 Å². The van der Waals surface area contributed by atoms with E-state index in [1.54, 1.807) is 0 Å². The number of carbonyl (C=O) groups excluding carboxylic acids is 2. The molecule has 0 saturated heterocycles. The second-order valence-corrected chi connectivity index (χ2v) is 4.56. The van der Waals surface area contributed by atoms with Gasteiger partial charge >= 0.3 is 11.9 Å². The normalized spacial score (nSPS) is 10.3. The van der Waals surface area contributed by atoms with Gasteiger partial charge in [-0.15, -0.1) is 0 Å². The predicted octanol–water partition coefficient (Wildman–Crippen LogP) is 0.126. The third-order valence-corrected chi connectivity index (χ3v) is 3.00. The van der Waals surface area contributed by atoms with E-state index in [9.17, 15) is 18.0 Å². The molecule has 0 amide bonds. The van der Waals surface area contributed by atoms with Gasteiger partial charge < -0.3 is 9.47 Å². The Balaban J connectivity index is 0.00000324. The number of esters is 2. The standard InChI is InChI=1S/C10H10O7S.K/c1-16-9(11)6-3-4-8(18(13,14)15)7(5-6)10(12)17-2;/h3-5H,1-2H3,(H,13,14,15);. The summed E-state index contributed by atoms with van der Waals surface area (Å²) in [5.74, 6) is -1.74. The minimum Gasteiger partial charge on any atom is -0.465 e. The Kier molecular flexibility index (Phi) is 7.36. The molecule has 9 heteroatoms. The summed E-state index contributed by atoms with van der Waals surface area (Å²) in [5, 5.41) is 0. The zero-order valence-electron chi connectivity index (χ0n) is 10.5. The van der Waals surface area contributed by atoms with Gasteiger partial charge in [0.2, 0.25) is 0 Å². The van der Waals surface area contributed by atoms with Gasteiger partial charge in [-0.3, -0.25) is 4.55 Å². The molecule has 0 heterocycles. The summed E-state index contributed by atoms with van der Waals surface area (Å²) in [6.45, 7) is 0. The predicted molar refractivity (Wildman–Crippen MR) is 64.7 cm³/mol. The van der Waals surface area contributed by atoms with Gasteiger partial charge in [0, 0.05) is 51.4 Å². The van der Waals surface area contributed by atoms with E-state index in [2.05, 4.69) is 9.47 Å². The molecular formula is C10H10KO7S. The van der Waals surface area contributed by atoms with Gasteiger partial charge in [0.25, 0.3) is 10.1 Å². The third-order valence-electron chi connectivity index (χ3n) is 2.08. The fraction of sp³-hybridized carbons (Fsp3) is 0.200. The fourth-order valence-electron chi connectivity index (χ4n) is 1.27. The molecule has 0 atom stereocenters. The van der Waals surface area contributed by atoms with E-state index in [4.69, 9.17) is 4.55 Å². The molecule has 0 aromatic heterocycles. The molecule has 1 N–H and O–H groups in total. The number of benzene rings is 1. The number of methoxy groups -OCH3 is 2. The molecule has 99 valence electrons. The van der Waals surface area contributed by atoms with Crippen LogP contribution in [-0.2, 0) is 19.6 Å². The maximum atomic E-state index is 11.4. The second-order valence-electron chi connectivity index (χ2n) is 3.17. The van der Waals surface area contributed by atoms with Crippen molar-refractivity contribution >= 4 is 73.4 Å². The molecule has 0 aliphatic carbocycles. The van der Waals surface area contributed by atoms with Crippen molar-refractivity contribution < 1.29 is 32.0 Å². The number of hydrogen-bond donors (Lipinski definition) is 1. The molecule has 1 aromatic carbocycles. The maximum Gasteiger partial charge on any atom is 0.339 e. The number of carbonyl (C=O) groups is 2. The molecule has 1 radical (unpaired) electrons. The van der Waals surface area contributed by atoms with E-state index in [0.717, 1.165) is 32.4 Å². The molecule has 0 unspecified atom stereocenters. The summed E-state index contributed by atoms with van der Waals surface area (Å²) >= 11 is 0. The van der Waals surface area contributed by atoms with Gasteiger partial charge in [-0.1, -0.05) is 0 Å². The van der Waals surface area contributed by atoms with Crippen molar-refractivity contribution in [2.45, 2.75) is 4.90 Å². The minimum absolute atomic E-state index is 0. The average Bonchev–Trinajstić information content (AvgIpc) is 2.35. The van der Waals surface area contributed by atoms with Gasteiger partial charge in [0.15, 0.2) is 0 Å². The number of hydrogen-bond acceptors (Lipinski definition) is 6. The third kappa shape index (κ3) is 4.63. The molecule has 1 rings (SSSR count). The van der Waals surface area contributed by atoms with E-state index >= 15 is 0 Å². The zero-order chi connectivity index (χ0) is 13.9. The van der Waals surface area contributed by atoms with Crippen LogP contribution in [0.1, 0.15) is 20.7 Å². The van der Waals surface area contributed by atoms with Crippen LogP contribution >= 0.6 is 0 Å². The molecule has 0 bridgehead atoms. The summed E-state index contributed by atoms with van der Waals surface area (Å²) in [7, 11) is -2.41. The molecule has 1 aromatic rings. The van der Waals surface area contributed by atoms with Gasteiger partial charge in [0.05, 0.1) is 25.3 Å². The summed E-state index contributed by atoms with van der Waals surface area (Å²) in [5.41, 5.74) is -0.479. The number of rotatable bonds is 3. The van der Waals surface area contributed by atoms with Crippen LogP contribution in [0.3, 0.4) is 0 Å². The van der Waals surface area contributed by atoms with E-state index in [1.807, 2.05) is 0 Å². The molecule has 0 aliphatic heterocycles. The molecule has 0 spiro atoms. The van der Waals surface area contributed by atoms with E-state index in [-0.39, 0.29) is 56.9 Å². The monoisotopic (exact) mass is 313 g/mol. The minimum atomic E-state index is -4.59. The first kappa shape index (κ1) is 18.7. The summed E-state index contributed by atoms with van der Waals surface area (Å²) in [4.78, 5) is 22.0. The fourth-order valence-corrected chi connectivity index (χ4v) is 1.93. The summed E-state index contributed by atoms with van der Waals surface area (Å²) in [6.07, 6.45) is 0. The van der Waals surface area contributed by atoms with Crippen LogP contribution in [0.25, 0.3) is 0 Å². The Bertz CT molecular complexity index is 594. The van der Waals surface area contributed by atoms with E-state index in [1.165, 1.54) is 0 Å². The van der Waals surface area contributed by atoms with Gasteiger partial charge in [-0.05, 0) is 18.2 Å². The van der Waals surface area contributed by atoms with Crippen LogP contribution in [-0.4, -0.2) is 90.5 Å². The van der Waals surface area contributed by atoms with E-state index < -0.39 is 32.5 Å². The van der Waals surface area contributed by atoms with Gasteiger partial charge in [-0.2, -0.15) is 8.42 Å². The van der Waals surface area contributed by atoms with Crippen molar-refractivity contribution in [2.75, 3.05) is 14.2 Å². The van der Waals surface area contributed by atoms with Crippen LogP contribution in [0.15, 0.2) is 23.1 Å². The largest absolute Gasteiger partial charge is 0.465 e. The van der Waals surface area contributed by atoms with Crippen LogP contribution in [0.4, 0.5) is 0 Å². The smallest absolute Gasteiger partial charge is 0.339 e. The van der Waals surface area contributed by atoms with Crippen LogP contribution in [0, 0.1) is 0 Å². The first-order chi connectivity index (χ1) is 8.31. The molecular weight excluding hydrogens is 303 g/mol. The molecule has 0 aliphatic rings. The maximum absolute atomic E-state index is 11.4. The van der Waals surface area contributed by atoms with Gasteiger partial charge in [0.1, 0.15) is 4.90 Å². The molecule has 7 nitrogen and oxygen atoms in total. The van der Waals surface area contributed by atoms with Crippen molar-refractivity contribution in [1.82, 2.24) is 0 Å². The SMILES string of the molecule is COC(=O)c1ccc(S(=O)(=O)O)c(C(=O)OC)c1.[K]. The topological polar surface area (TPSA) is 107 Å². The Labute approximate surface area is 152 Å². The Morgan fingerprint density at radius 2 is 1.63 bits per heavy atom. The van der Waals surface area contributed by atoms with E-state index in [0.29, 0.717) is 0 Å². The van der Waals surface area contributed by atoms with Crippen molar-refractivity contribution in [3.8, 4) is 0 Å². The zero-order valence-corrected chi connectivity index (χ0v) is 14.5. The first-order valence-electron chi connectivity index (χ1n) is 4.59. The van der Waals surface area contributed by atoms with Crippen LogP contribution in [0.5, 0.6) is 0 Å².